The number of ether oxygens (including phenoxy) is 1. The molecule has 1 saturated heterocycles. The van der Waals surface area contributed by atoms with E-state index in [1.165, 1.54) is 4.90 Å². The lowest BCUT2D eigenvalue weighted by Crippen LogP contribution is -3.14. The largest absolute Gasteiger partial charge is 1.00 e. The highest BCUT2D eigenvalue weighted by Gasteiger charge is 2.11. The Morgan fingerprint density at radius 1 is 1.36 bits per heavy atom. The summed E-state index contributed by atoms with van der Waals surface area (Å²) in [6, 6.07) is 0. The molecule has 1 unspecified atom stereocenters. The first-order valence-corrected chi connectivity index (χ1v) is 4.84. The second kappa shape index (κ2) is 8.07. The van der Waals surface area contributed by atoms with E-state index in [1.54, 1.807) is 6.92 Å². The van der Waals surface area contributed by atoms with E-state index in [1.807, 2.05) is 0 Å². The van der Waals surface area contributed by atoms with E-state index in [4.69, 9.17) is 9.84 Å². The van der Waals surface area contributed by atoms with Crippen molar-refractivity contribution in [2.24, 2.45) is 0 Å². The minimum atomic E-state index is -0.299. The number of hydrogen-bond acceptors (Lipinski definition) is 2. The molecule has 0 aromatic carbocycles. The Bertz CT molecular complexity index is 192. The van der Waals surface area contributed by atoms with Gasteiger partial charge in [-0.15, -0.1) is 0 Å². The van der Waals surface area contributed by atoms with Crippen molar-refractivity contribution in [1.82, 2.24) is 0 Å². The van der Waals surface area contributed by atoms with Gasteiger partial charge in [0.1, 0.15) is 19.6 Å². The summed E-state index contributed by atoms with van der Waals surface area (Å²) in [4.78, 5) is 1.49. The molecule has 14 heavy (non-hydrogen) atoms. The maximum Gasteiger partial charge on any atom is 0.139 e. The molecule has 1 rings (SSSR count). The van der Waals surface area contributed by atoms with E-state index >= 15 is 0 Å². The smallest absolute Gasteiger partial charge is 0.139 e. The normalized spacial score (nSPS) is 19.0. The van der Waals surface area contributed by atoms with Gasteiger partial charge in [-0.2, -0.15) is 0 Å². The molecule has 4 heteroatoms. The summed E-state index contributed by atoms with van der Waals surface area (Å²) in [5, 5.41) is 8.96. The molecule has 0 aromatic heterocycles. The Morgan fingerprint density at radius 2 is 2.00 bits per heavy atom. The third-order valence-corrected chi connectivity index (χ3v) is 2.06. The molecule has 82 valence electrons. The molecule has 1 aliphatic rings. The summed E-state index contributed by atoms with van der Waals surface area (Å²) in [5.41, 5.74) is 0. The van der Waals surface area contributed by atoms with Crippen LogP contribution in [0.5, 0.6) is 0 Å². The lowest BCUT2D eigenvalue weighted by molar-refractivity contribution is -0.900. The Morgan fingerprint density at radius 3 is 2.57 bits per heavy atom. The van der Waals surface area contributed by atoms with Gasteiger partial charge in [-0.25, -0.2) is 0 Å². The molecule has 0 aromatic rings. The first-order valence-electron chi connectivity index (χ1n) is 4.84. The fraction of sp³-hybridized carbons (Fsp3) is 0.800. The number of halogens is 1. The molecule has 0 saturated carbocycles. The summed E-state index contributed by atoms with van der Waals surface area (Å²) < 4.78 is 5.24. The SMILES string of the molecule is CC(O)CC#CC[NH+]1CCOCC1.[Cl-]. The summed E-state index contributed by atoms with van der Waals surface area (Å²) in [6.45, 7) is 6.47. The van der Waals surface area contributed by atoms with Crippen molar-refractivity contribution in [2.45, 2.75) is 19.4 Å². The highest BCUT2D eigenvalue weighted by Crippen LogP contribution is 1.83. The van der Waals surface area contributed by atoms with Crippen LogP contribution < -0.4 is 17.3 Å². The average Bonchev–Trinajstić information content (AvgIpc) is 2.14. The van der Waals surface area contributed by atoms with Crippen molar-refractivity contribution in [3.05, 3.63) is 0 Å². The first-order chi connectivity index (χ1) is 6.29. The minimum absolute atomic E-state index is 0. The third-order valence-electron chi connectivity index (χ3n) is 2.06. The minimum Gasteiger partial charge on any atom is -1.00 e. The molecule has 3 nitrogen and oxygen atoms in total. The molecule has 2 N–H and O–H groups in total. The third kappa shape index (κ3) is 6.22. The summed E-state index contributed by atoms with van der Waals surface area (Å²) >= 11 is 0. The zero-order valence-corrected chi connectivity index (χ0v) is 9.31. The van der Waals surface area contributed by atoms with Crippen LogP contribution in [0.1, 0.15) is 13.3 Å². The zero-order valence-electron chi connectivity index (χ0n) is 8.55. The van der Waals surface area contributed by atoms with Gasteiger partial charge in [0.15, 0.2) is 0 Å². The number of morpholine rings is 1. The van der Waals surface area contributed by atoms with E-state index in [-0.39, 0.29) is 18.5 Å². The summed E-state index contributed by atoms with van der Waals surface area (Å²) in [7, 11) is 0. The van der Waals surface area contributed by atoms with Crippen LogP contribution in [-0.4, -0.2) is 44.1 Å². The van der Waals surface area contributed by atoms with E-state index in [2.05, 4.69) is 11.8 Å². The van der Waals surface area contributed by atoms with E-state index in [0.29, 0.717) is 6.42 Å². The van der Waals surface area contributed by atoms with Crippen molar-refractivity contribution in [3.63, 3.8) is 0 Å². The lowest BCUT2D eigenvalue weighted by atomic mass is 10.3. The Balaban J connectivity index is 0.00000169. The molecular weight excluding hydrogens is 202 g/mol. The summed E-state index contributed by atoms with van der Waals surface area (Å²) in [6.07, 6.45) is 0.288. The number of aliphatic hydroxyl groups excluding tert-OH is 1. The molecule has 0 radical (unpaired) electrons. The molecule has 1 aliphatic heterocycles. The fourth-order valence-corrected chi connectivity index (χ4v) is 1.24. The van der Waals surface area contributed by atoms with Gasteiger partial charge in [0, 0.05) is 6.42 Å². The number of aliphatic hydroxyl groups is 1. The second-order valence-corrected chi connectivity index (χ2v) is 3.45. The standard InChI is InChI=1S/C10H17NO2.ClH/c1-10(12)4-2-3-5-11-6-8-13-9-7-11;/h10,12H,4-9H2,1H3;1H. The number of hydrogen-bond donors (Lipinski definition) is 2. The Labute approximate surface area is 91.8 Å². The molecule has 0 amide bonds. The van der Waals surface area contributed by atoms with Crippen molar-refractivity contribution in [1.29, 1.82) is 0 Å². The molecule has 0 aliphatic carbocycles. The van der Waals surface area contributed by atoms with Gasteiger partial charge in [0.05, 0.1) is 19.3 Å². The highest BCUT2D eigenvalue weighted by molar-refractivity contribution is 4.99. The number of rotatable bonds is 2. The lowest BCUT2D eigenvalue weighted by Gasteiger charge is -2.21. The molecule has 1 heterocycles. The van der Waals surface area contributed by atoms with E-state index in [0.717, 1.165) is 32.8 Å². The number of nitrogens with one attached hydrogen (secondary N) is 1. The Hall–Kier alpha value is -0.270. The molecule has 0 bridgehead atoms. The van der Waals surface area contributed by atoms with Crippen LogP contribution >= 0.6 is 0 Å². The van der Waals surface area contributed by atoms with Crippen molar-refractivity contribution < 1.29 is 27.2 Å². The zero-order chi connectivity index (χ0) is 9.52. The van der Waals surface area contributed by atoms with E-state index < -0.39 is 0 Å². The van der Waals surface area contributed by atoms with Crippen LogP contribution in [0.3, 0.4) is 0 Å². The van der Waals surface area contributed by atoms with Crippen LogP contribution in [-0.2, 0) is 4.74 Å². The number of quaternary nitrogens is 1. The molecular formula is C10H18ClNO2. The van der Waals surface area contributed by atoms with Gasteiger partial charge >= 0.3 is 0 Å². The molecule has 1 fully saturated rings. The van der Waals surface area contributed by atoms with Crippen LogP contribution in [0.25, 0.3) is 0 Å². The van der Waals surface area contributed by atoms with Crippen LogP contribution in [0.4, 0.5) is 0 Å². The summed E-state index contributed by atoms with van der Waals surface area (Å²) in [5.74, 6) is 6.05. The van der Waals surface area contributed by atoms with Gasteiger partial charge in [0.25, 0.3) is 0 Å². The highest BCUT2D eigenvalue weighted by atomic mass is 35.5. The second-order valence-electron chi connectivity index (χ2n) is 3.45. The predicted molar refractivity (Wildman–Crippen MR) is 50.5 cm³/mol. The van der Waals surface area contributed by atoms with Crippen molar-refractivity contribution in [3.8, 4) is 11.8 Å². The van der Waals surface area contributed by atoms with Crippen molar-refractivity contribution in [2.75, 3.05) is 32.8 Å². The maximum atomic E-state index is 8.96. The quantitative estimate of drug-likeness (QED) is 0.461. The van der Waals surface area contributed by atoms with Crippen LogP contribution in [0.2, 0.25) is 0 Å². The molecule has 0 spiro atoms. The van der Waals surface area contributed by atoms with Gasteiger partial charge in [-0.3, -0.25) is 0 Å². The first kappa shape index (κ1) is 13.7. The van der Waals surface area contributed by atoms with Gasteiger partial charge in [0.2, 0.25) is 0 Å². The van der Waals surface area contributed by atoms with Gasteiger partial charge in [-0.1, -0.05) is 5.92 Å². The molecule has 1 atom stereocenters. The Kier molecular flexibility index (Phi) is 7.92. The maximum absolute atomic E-state index is 8.96. The average molecular weight is 220 g/mol. The van der Waals surface area contributed by atoms with Gasteiger partial charge in [-0.05, 0) is 12.8 Å². The van der Waals surface area contributed by atoms with Crippen molar-refractivity contribution >= 4 is 0 Å². The van der Waals surface area contributed by atoms with E-state index in [9.17, 15) is 0 Å². The fourth-order valence-electron chi connectivity index (χ4n) is 1.24. The van der Waals surface area contributed by atoms with Gasteiger partial charge < -0.3 is 27.2 Å². The van der Waals surface area contributed by atoms with Crippen LogP contribution in [0.15, 0.2) is 0 Å². The monoisotopic (exact) mass is 219 g/mol. The predicted octanol–water partition coefficient (Wildman–Crippen LogP) is -4.32. The van der Waals surface area contributed by atoms with Crippen LogP contribution in [0, 0.1) is 11.8 Å². The topological polar surface area (TPSA) is 33.9 Å².